The molecule has 0 saturated carbocycles. The van der Waals surface area contributed by atoms with Gasteiger partial charge in [0.25, 0.3) is 0 Å². The fourth-order valence-corrected chi connectivity index (χ4v) is 5.27. The van der Waals surface area contributed by atoms with Crippen molar-refractivity contribution in [2.45, 2.75) is 44.3 Å². The number of nitrogens with one attached hydrogen (secondary N) is 1. The Morgan fingerprint density at radius 3 is 2.72 bits per heavy atom. The molecule has 3 rings (SSSR count). The number of hydrogen-bond acceptors (Lipinski definition) is 7. The van der Waals surface area contributed by atoms with E-state index in [-0.39, 0.29) is 35.8 Å². The molecule has 0 spiro atoms. The monoisotopic (exact) mass is 480 g/mol. The highest BCUT2D eigenvalue weighted by atomic mass is 32.2. The van der Waals surface area contributed by atoms with E-state index in [1.165, 1.54) is 28.4 Å². The average molecular weight is 481 g/mol. The molecule has 0 amide bonds. The van der Waals surface area contributed by atoms with Crippen LogP contribution in [0.3, 0.4) is 0 Å². The van der Waals surface area contributed by atoms with Gasteiger partial charge in [-0.2, -0.15) is 5.10 Å². The van der Waals surface area contributed by atoms with E-state index in [1.54, 1.807) is 33.0 Å². The van der Waals surface area contributed by atoms with E-state index in [1.807, 2.05) is 12.1 Å². The van der Waals surface area contributed by atoms with Gasteiger partial charge in [-0.15, -0.1) is 11.3 Å². The van der Waals surface area contributed by atoms with Crippen molar-refractivity contribution >= 4 is 21.4 Å². The summed E-state index contributed by atoms with van der Waals surface area (Å²) in [4.78, 5) is 18.3. The molecule has 0 bridgehead atoms. The number of sulfonamides is 1. The number of aromatic nitrogens is 4. The summed E-state index contributed by atoms with van der Waals surface area (Å²) in [6.45, 7) is 5.56. The maximum Gasteiger partial charge on any atom is 0.346 e. The lowest BCUT2D eigenvalue weighted by molar-refractivity contribution is 0.491. The maximum absolute atomic E-state index is 12.7. The molecular weight excluding hydrogens is 455 g/mol. The number of rotatable bonds is 8. The van der Waals surface area contributed by atoms with Crippen LogP contribution in [0.5, 0.6) is 0 Å². The van der Waals surface area contributed by atoms with Gasteiger partial charge in [-0.05, 0) is 44.5 Å². The van der Waals surface area contributed by atoms with Crippen LogP contribution in [0, 0.1) is 0 Å². The third kappa shape index (κ3) is 5.76. The Morgan fingerprint density at radius 2 is 2.06 bits per heavy atom. The highest BCUT2D eigenvalue weighted by Crippen LogP contribution is 2.29. The molecule has 12 heteroatoms. The maximum atomic E-state index is 12.7. The second-order valence-electron chi connectivity index (χ2n) is 8.20. The van der Waals surface area contributed by atoms with Crippen LogP contribution in [0.4, 0.5) is 4.39 Å². The first-order valence-electron chi connectivity index (χ1n) is 9.71. The van der Waals surface area contributed by atoms with Crippen LogP contribution in [-0.2, 0) is 23.1 Å². The fraction of sp³-hybridized carbons (Fsp3) is 0.350. The molecule has 9 nitrogen and oxygen atoms in total. The van der Waals surface area contributed by atoms with Crippen molar-refractivity contribution in [1.82, 2.24) is 24.1 Å². The zero-order valence-electron chi connectivity index (χ0n) is 17.9. The predicted molar refractivity (Wildman–Crippen MR) is 121 cm³/mol. The lowest BCUT2D eigenvalue weighted by Gasteiger charge is -2.20. The lowest BCUT2D eigenvalue weighted by Crippen LogP contribution is -2.40. The minimum Gasteiger partial charge on any atom is -0.327 e. The zero-order valence-corrected chi connectivity index (χ0v) is 19.6. The Bertz CT molecular complexity index is 1280. The van der Waals surface area contributed by atoms with E-state index in [0.29, 0.717) is 11.9 Å². The van der Waals surface area contributed by atoms with Crippen LogP contribution in [-0.4, -0.2) is 39.8 Å². The van der Waals surface area contributed by atoms with Crippen LogP contribution in [0.2, 0.25) is 0 Å². The van der Waals surface area contributed by atoms with Crippen molar-refractivity contribution in [1.29, 1.82) is 0 Å². The highest BCUT2D eigenvalue weighted by molar-refractivity contribution is 7.89. The van der Waals surface area contributed by atoms with Crippen molar-refractivity contribution in [3.63, 3.8) is 0 Å². The molecule has 0 saturated heterocycles. The first-order chi connectivity index (χ1) is 15.0. The van der Waals surface area contributed by atoms with Crippen molar-refractivity contribution in [3.8, 4) is 10.4 Å². The average Bonchev–Trinajstić information content (AvgIpc) is 3.32. The van der Waals surface area contributed by atoms with Gasteiger partial charge in [0.05, 0.1) is 19.4 Å². The number of pyridine rings is 1. The van der Waals surface area contributed by atoms with Gasteiger partial charge in [-0.3, -0.25) is 9.55 Å². The van der Waals surface area contributed by atoms with E-state index in [2.05, 4.69) is 14.8 Å². The minimum atomic E-state index is -3.71. The van der Waals surface area contributed by atoms with Gasteiger partial charge in [0.1, 0.15) is 11.2 Å². The number of thiophene rings is 1. The lowest BCUT2D eigenvalue weighted by atomic mass is 10.1. The van der Waals surface area contributed by atoms with Crippen molar-refractivity contribution in [2.24, 2.45) is 5.73 Å². The van der Waals surface area contributed by atoms with Gasteiger partial charge in [0.15, 0.2) is 0 Å². The number of nitrogens with two attached hydrogens (primary N) is 1. The van der Waals surface area contributed by atoms with Crippen molar-refractivity contribution in [3.05, 3.63) is 64.2 Å². The van der Waals surface area contributed by atoms with E-state index >= 15 is 0 Å². The summed E-state index contributed by atoms with van der Waals surface area (Å²) >= 11 is 1.41. The van der Waals surface area contributed by atoms with E-state index < -0.39 is 15.6 Å². The van der Waals surface area contributed by atoms with Crippen molar-refractivity contribution < 1.29 is 12.8 Å². The highest BCUT2D eigenvalue weighted by Gasteiger charge is 2.23. The second-order valence-corrected chi connectivity index (χ2v) is 11.1. The molecule has 0 fully saturated rings. The summed E-state index contributed by atoms with van der Waals surface area (Å²) < 4.78 is 43.1. The van der Waals surface area contributed by atoms with E-state index in [0.717, 1.165) is 14.4 Å². The van der Waals surface area contributed by atoms with Crippen LogP contribution in [0.1, 0.15) is 25.6 Å². The molecule has 0 aliphatic carbocycles. The molecule has 0 atom stereocenters. The molecule has 0 aromatic carbocycles. The van der Waals surface area contributed by atoms with Gasteiger partial charge in [0.2, 0.25) is 10.0 Å². The Balaban J connectivity index is 1.80. The molecule has 0 radical (unpaired) electrons. The molecular formula is C20H25FN6O3S2. The standard InChI is InChI=1S/C20H25FN6O3S2/c1-20(2,3)25-32(29,30)17-6-15(9-23-10-17)18-5-4-16(31-18)12-26-13-24-27(19(26)28)11-14(7-21)8-22/h4-7,9-10,13,25H,8,11-12,22H2,1-3H3/b14-7+. The molecule has 172 valence electrons. The smallest absolute Gasteiger partial charge is 0.327 e. The molecule has 0 aliphatic rings. The summed E-state index contributed by atoms with van der Waals surface area (Å²) in [7, 11) is -3.71. The van der Waals surface area contributed by atoms with Gasteiger partial charge in [-0.25, -0.2) is 27.0 Å². The molecule has 3 heterocycles. The Labute approximate surface area is 189 Å². The summed E-state index contributed by atoms with van der Waals surface area (Å²) in [5, 5.41) is 4.01. The van der Waals surface area contributed by atoms with Gasteiger partial charge in [-0.1, -0.05) is 0 Å². The molecule has 0 aliphatic heterocycles. The molecule has 0 unspecified atom stereocenters. The van der Waals surface area contributed by atoms with E-state index in [9.17, 15) is 17.6 Å². The Morgan fingerprint density at radius 1 is 1.31 bits per heavy atom. The first kappa shape index (κ1) is 24.0. The van der Waals surface area contributed by atoms with Crippen LogP contribution in [0.25, 0.3) is 10.4 Å². The Hall–Kier alpha value is -2.67. The number of hydrogen-bond donors (Lipinski definition) is 2. The third-order valence-electron chi connectivity index (χ3n) is 4.30. The van der Waals surface area contributed by atoms with Crippen LogP contribution < -0.4 is 16.1 Å². The third-order valence-corrected chi connectivity index (χ3v) is 7.15. The summed E-state index contributed by atoms with van der Waals surface area (Å²) in [5.41, 5.74) is 5.35. The summed E-state index contributed by atoms with van der Waals surface area (Å²) in [5.74, 6) is 0. The number of halogens is 1. The predicted octanol–water partition coefficient (Wildman–Crippen LogP) is 2.11. The van der Waals surface area contributed by atoms with Crippen LogP contribution in [0.15, 0.2) is 58.5 Å². The molecule has 3 aromatic rings. The minimum absolute atomic E-state index is 0.00181. The second kappa shape index (κ2) is 9.45. The first-order valence-corrected chi connectivity index (χ1v) is 12.0. The van der Waals surface area contributed by atoms with Crippen molar-refractivity contribution in [2.75, 3.05) is 6.54 Å². The molecule has 32 heavy (non-hydrogen) atoms. The fourth-order valence-electron chi connectivity index (χ4n) is 2.87. The molecule has 3 N–H and O–H groups in total. The van der Waals surface area contributed by atoms with E-state index in [4.69, 9.17) is 5.73 Å². The van der Waals surface area contributed by atoms with Gasteiger partial charge < -0.3 is 5.73 Å². The van der Waals surface area contributed by atoms with Gasteiger partial charge >= 0.3 is 5.69 Å². The molecule has 3 aromatic heterocycles. The zero-order chi connectivity index (χ0) is 23.5. The topological polar surface area (TPSA) is 125 Å². The van der Waals surface area contributed by atoms with Crippen LogP contribution >= 0.6 is 11.3 Å². The number of nitrogens with zero attached hydrogens (tertiary/aromatic N) is 4. The summed E-state index contributed by atoms with van der Waals surface area (Å²) in [6, 6.07) is 5.27. The summed E-state index contributed by atoms with van der Waals surface area (Å²) in [6.07, 6.45) is 4.67. The SMILES string of the molecule is CC(C)(C)NS(=O)(=O)c1cncc(-c2ccc(Cn3cnn(C/C(=C/F)CN)c3=O)s2)c1. The normalized spacial score (nSPS) is 13.0. The largest absolute Gasteiger partial charge is 0.346 e. The Kier molecular flexibility index (Phi) is 7.08. The van der Waals surface area contributed by atoms with Gasteiger partial charge in [0, 0.05) is 39.8 Å². The quantitative estimate of drug-likeness (QED) is 0.509.